The van der Waals surface area contributed by atoms with Crippen LogP contribution in [-0.2, 0) is 0 Å². The molecule has 19 heavy (non-hydrogen) atoms. The van der Waals surface area contributed by atoms with Gasteiger partial charge in [-0.1, -0.05) is 0 Å². The molecule has 2 rings (SSSR count). The number of aliphatic hydroxyl groups excluding tert-OH is 1. The van der Waals surface area contributed by atoms with Crippen LogP contribution in [0.1, 0.15) is 36.5 Å². The van der Waals surface area contributed by atoms with Gasteiger partial charge in [-0.15, -0.1) is 0 Å². The van der Waals surface area contributed by atoms with E-state index in [4.69, 9.17) is 5.11 Å². The molecule has 104 valence electrons. The second kappa shape index (κ2) is 6.52. The number of anilines is 1. The van der Waals surface area contributed by atoms with Crippen LogP contribution in [0.4, 0.5) is 5.82 Å². The van der Waals surface area contributed by atoms with Crippen molar-refractivity contribution in [2.45, 2.75) is 32.2 Å². The molecule has 0 saturated heterocycles. The summed E-state index contributed by atoms with van der Waals surface area (Å²) in [6.45, 7) is 3.17. The molecule has 1 aromatic rings. The van der Waals surface area contributed by atoms with Gasteiger partial charge in [0.1, 0.15) is 5.82 Å². The molecule has 5 nitrogen and oxygen atoms in total. The van der Waals surface area contributed by atoms with Crippen molar-refractivity contribution in [2.24, 2.45) is 0 Å². The molecule has 5 heteroatoms. The number of amides is 1. The predicted molar refractivity (Wildman–Crippen MR) is 74.2 cm³/mol. The Morgan fingerprint density at radius 3 is 2.95 bits per heavy atom. The predicted octanol–water partition coefficient (Wildman–Crippen LogP) is 1.50. The van der Waals surface area contributed by atoms with Crippen LogP contribution in [0, 0.1) is 0 Å². The van der Waals surface area contributed by atoms with E-state index in [1.807, 2.05) is 6.92 Å². The fourth-order valence-corrected chi connectivity index (χ4v) is 2.26. The van der Waals surface area contributed by atoms with Gasteiger partial charge < -0.3 is 15.3 Å². The Bertz CT molecular complexity index is 432. The molecule has 0 radical (unpaired) electrons. The smallest absolute Gasteiger partial charge is 0.254 e. The van der Waals surface area contributed by atoms with Crippen LogP contribution in [0.25, 0.3) is 0 Å². The standard InChI is InChI=1S/C14H21N3O2/c1-2-15-13-10-11(6-7-16-13)14(19)17(8-9-18)12-4-3-5-12/h6-7,10,12,18H,2-5,8-9H2,1H3,(H,15,16). The number of pyridine rings is 1. The molecule has 0 unspecified atom stereocenters. The lowest BCUT2D eigenvalue weighted by atomic mass is 9.91. The van der Waals surface area contributed by atoms with Gasteiger partial charge in [0, 0.05) is 30.9 Å². The maximum atomic E-state index is 12.5. The van der Waals surface area contributed by atoms with E-state index in [-0.39, 0.29) is 18.6 Å². The van der Waals surface area contributed by atoms with Crippen molar-refractivity contribution >= 4 is 11.7 Å². The van der Waals surface area contributed by atoms with E-state index in [0.717, 1.165) is 19.4 Å². The SMILES string of the molecule is CCNc1cc(C(=O)N(CCO)C2CCC2)ccn1. The highest BCUT2D eigenvalue weighted by Gasteiger charge is 2.29. The summed E-state index contributed by atoms with van der Waals surface area (Å²) in [6, 6.07) is 3.79. The minimum atomic E-state index is -0.0136. The first-order valence-corrected chi connectivity index (χ1v) is 6.88. The number of nitrogens with zero attached hydrogens (tertiary/aromatic N) is 2. The molecule has 1 heterocycles. The summed E-state index contributed by atoms with van der Waals surface area (Å²) in [7, 11) is 0. The molecule has 2 N–H and O–H groups in total. The average Bonchev–Trinajstić information content (AvgIpc) is 2.36. The zero-order chi connectivity index (χ0) is 13.7. The highest BCUT2D eigenvalue weighted by atomic mass is 16.3. The fraction of sp³-hybridized carbons (Fsp3) is 0.571. The number of aliphatic hydroxyl groups is 1. The molecule has 0 bridgehead atoms. The van der Waals surface area contributed by atoms with Gasteiger partial charge in [0.15, 0.2) is 0 Å². The highest BCUT2D eigenvalue weighted by Crippen LogP contribution is 2.26. The van der Waals surface area contributed by atoms with Crippen LogP contribution in [0.5, 0.6) is 0 Å². The Balaban J connectivity index is 2.13. The molecule has 1 amide bonds. The van der Waals surface area contributed by atoms with Gasteiger partial charge in [-0.05, 0) is 38.3 Å². The van der Waals surface area contributed by atoms with Crippen molar-refractivity contribution in [2.75, 3.05) is 25.0 Å². The molecule has 1 aliphatic carbocycles. The van der Waals surface area contributed by atoms with Gasteiger partial charge in [-0.2, -0.15) is 0 Å². The van der Waals surface area contributed by atoms with E-state index >= 15 is 0 Å². The van der Waals surface area contributed by atoms with E-state index in [1.165, 1.54) is 6.42 Å². The quantitative estimate of drug-likeness (QED) is 0.816. The lowest BCUT2D eigenvalue weighted by Crippen LogP contribution is -2.45. The Hall–Kier alpha value is -1.62. The fourth-order valence-electron chi connectivity index (χ4n) is 2.26. The van der Waals surface area contributed by atoms with Gasteiger partial charge in [-0.3, -0.25) is 4.79 Å². The number of rotatable bonds is 6. The Labute approximate surface area is 113 Å². The third-order valence-corrected chi connectivity index (χ3v) is 3.48. The monoisotopic (exact) mass is 263 g/mol. The highest BCUT2D eigenvalue weighted by molar-refractivity contribution is 5.95. The molecule has 0 aromatic carbocycles. The lowest BCUT2D eigenvalue weighted by Gasteiger charge is -2.37. The summed E-state index contributed by atoms with van der Waals surface area (Å²) in [4.78, 5) is 18.4. The van der Waals surface area contributed by atoms with Crippen molar-refractivity contribution in [3.05, 3.63) is 23.9 Å². The van der Waals surface area contributed by atoms with E-state index in [9.17, 15) is 4.79 Å². The number of aromatic nitrogens is 1. The van der Waals surface area contributed by atoms with Crippen LogP contribution in [-0.4, -0.2) is 46.6 Å². The van der Waals surface area contributed by atoms with E-state index in [2.05, 4.69) is 10.3 Å². The van der Waals surface area contributed by atoms with Gasteiger partial charge >= 0.3 is 0 Å². The van der Waals surface area contributed by atoms with Crippen LogP contribution in [0.3, 0.4) is 0 Å². The van der Waals surface area contributed by atoms with E-state index in [1.54, 1.807) is 23.2 Å². The third kappa shape index (κ3) is 3.23. The molecule has 1 saturated carbocycles. The summed E-state index contributed by atoms with van der Waals surface area (Å²) < 4.78 is 0. The molecular formula is C14H21N3O2. The molecule has 1 aromatic heterocycles. The number of hydrogen-bond donors (Lipinski definition) is 2. The largest absolute Gasteiger partial charge is 0.395 e. The van der Waals surface area contributed by atoms with Crippen LogP contribution in [0.2, 0.25) is 0 Å². The summed E-state index contributed by atoms with van der Waals surface area (Å²) in [5, 5.41) is 12.2. The second-order valence-electron chi connectivity index (χ2n) is 4.77. The molecule has 0 spiro atoms. The Morgan fingerprint density at radius 1 is 1.58 bits per heavy atom. The zero-order valence-corrected chi connectivity index (χ0v) is 11.3. The number of carbonyl (C=O) groups excluding carboxylic acids is 1. The zero-order valence-electron chi connectivity index (χ0n) is 11.3. The van der Waals surface area contributed by atoms with Gasteiger partial charge in [0.05, 0.1) is 6.61 Å². The van der Waals surface area contributed by atoms with Crippen molar-refractivity contribution in [1.82, 2.24) is 9.88 Å². The van der Waals surface area contributed by atoms with E-state index in [0.29, 0.717) is 17.9 Å². The maximum absolute atomic E-state index is 12.5. The normalized spacial score (nSPS) is 14.8. The summed E-state index contributed by atoms with van der Waals surface area (Å²) >= 11 is 0. The first-order valence-electron chi connectivity index (χ1n) is 6.88. The lowest BCUT2D eigenvalue weighted by molar-refractivity contribution is 0.0526. The molecule has 1 fully saturated rings. The Morgan fingerprint density at radius 2 is 2.37 bits per heavy atom. The van der Waals surface area contributed by atoms with Crippen molar-refractivity contribution in [3.8, 4) is 0 Å². The van der Waals surface area contributed by atoms with Gasteiger partial charge in [0.2, 0.25) is 0 Å². The van der Waals surface area contributed by atoms with Crippen molar-refractivity contribution in [1.29, 1.82) is 0 Å². The number of carbonyl (C=O) groups is 1. The number of hydrogen-bond acceptors (Lipinski definition) is 4. The van der Waals surface area contributed by atoms with Gasteiger partial charge in [0.25, 0.3) is 5.91 Å². The third-order valence-electron chi connectivity index (χ3n) is 3.48. The average molecular weight is 263 g/mol. The topological polar surface area (TPSA) is 65.5 Å². The summed E-state index contributed by atoms with van der Waals surface area (Å²) in [6.07, 6.45) is 4.88. The molecule has 0 atom stereocenters. The first kappa shape index (κ1) is 13.8. The minimum Gasteiger partial charge on any atom is -0.395 e. The van der Waals surface area contributed by atoms with E-state index < -0.39 is 0 Å². The molecular weight excluding hydrogens is 242 g/mol. The van der Waals surface area contributed by atoms with Crippen LogP contribution >= 0.6 is 0 Å². The first-order chi connectivity index (χ1) is 9.26. The Kier molecular flexibility index (Phi) is 4.74. The van der Waals surface area contributed by atoms with Crippen molar-refractivity contribution in [3.63, 3.8) is 0 Å². The minimum absolute atomic E-state index is 0.00733. The number of nitrogens with one attached hydrogen (secondary N) is 1. The molecule has 1 aliphatic rings. The van der Waals surface area contributed by atoms with Crippen LogP contribution in [0.15, 0.2) is 18.3 Å². The second-order valence-corrected chi connectivity index (χ2v) is 4.77. The van der Waals surface area contributed by atoms with Crippen LogP contribution < -0.4 is 5.32 Å². The maximum Gasteiger partial charge on any atom is 0.254 e. The summed E-state index contributed by atoms with van der Waals surface area (Å²) in [5.41, 5.74) is 0.631. The molecule has 0 aliphatic heterocycles. The summed E-state index contributed by atoms with van der Waals surface area (Å²) in [5.74, 6) is 0.700. The van der Waals surface area contributed by atoms with Crippen molar-refractivity contribution < 1.29 is 9.90 Å². The van der Waals surface area contributed by atoms with Gasteiger partial charge in [-0.25, -0.2) is 4.98 Å².